The first-order valence-electron chi connectivity index (χ1n) is 9.08. The summed E-state index contributed by atoms with van der Waals surface area (Å²) in [5.74, 6) is 0.766. The van der Waals surface area contributed by atoms with Crippen molar-refractivity contribution in [3.63, 3.8) is 0 Å². The van der Waals surface area contributed by atoms with Crippen molar-refractivity contribution in [1.29, 1.82) is 0 Å². The van der Waals surface area contributed by atoms with Gasteiger partial charge in [0.15, 0.2) is 5.82 Å². The van der Waals surface area contributed by atoms with Gasteiger partial charge >= 0.3 is 0 Å². The third-order valence-electron chi connectivity index (χ3n) is 5.00. The number of aromatic nitrogens is 4. The van der Waals surface area contributed by atoms with Gasteiger partial charge in [-0.2, -0.15) is 4.68 Å². The van der Waals surface area contributed by atoms with E-state index in [1.54, 1.807) is 0 Å². The summed E-state index contributed by atoms with van der Waals surface area (Å²) in [7, 11) is 0. The first-order valence-corrected chi connectivity index (χ1v) is 9.45. The molecule has 1 aliphatic heterocycles. The molecule has 0 saturated carbocycles. The number of aryl methyl sites for hydroxylation is 2. The van der Waals surface area contributed by atoms with Crippen LogP contribution >= 0.6 is 11.6 Å². The molecule has 0 radical (unpaired) electrons. The maximum atomic E-state index is 6.58. The molecule has 27 heavy (non-hydrogen) atoms. The largest absolute Gasteiger partial charge is 0.379 e. The Bertz CT molecular complexity index is 915. The van der Waals surface area contributed by atoms with Crippen LogP contribution in [0.25, 0.3) is 5.69 Å². The molecule has 1 aromatic heterocycles. The number of hydrogen-bond donors (Lipinski definition) is 0. The molecular formula is C20H22ClN5O. The van der Waals surface area contributed by atoms with Crippen LogP contribution in [0.5, 0.6) is 0 Å². The molecule has 140 valence electrons. The normalized spacial score (nSPS) is 16.4. The zero-order valence-electron chi connectivity index (χ0n) is 15.5. The molecule has 1 fully saturated rings. The van der Waals surface area contributed by atoms with Crippen molar-refractivity contribution in [3.05, 3.63) is 70.0 Å². The molecule has 0 unspecified atom stereocenters. The first kappa shape index (κ1) is 18.1. The number of morpholine rings is 1. The van der Waals surface area contributed by atoms with Crippen LogP contribution in [0.15, 0.2) is 42.5 Å². The van der Waals surface area contributed by atoms with E-state index in [1.807, 2.05) is 35.0 Å². The van der Waals surface area contributed by atoms with Crippen molar-refractivity contribution in [2.45, 2.75) is 19.9 Å². The lowest BCUT2D eigenvalue weighted by atomic mass is 10.0. The van der Waals surface area contributed by atoms with Crippen LogP contribution in [-0.4, -0.2) is 51.4 Å². The van der Waals surface area contributed by atoms with E-state index in [2.05, 4.69) is 46.4 Å². The molecule has 4 rings (SSSR count). The van der Waals surface area contributed by atoms with Crippen molar-refractivity contribution in [3.8, 4) is 5.69 Å². The molecule has 0 amide bonds. The lowest BCUT2D eigenvalue weighted by Crippen LogP contribution is -2.40. The second-order valence-corrected chi connectivity index (χ2v) is 7.17. The highest BCUT2D eigenvalue weighted by Gasteiger charge is 2.31. The van der Waals surface area contributed by atoms with E-state index in [9.17, 15) is 0 Å². The van der Waals surface area contributed by atoms with Gasteiger partial charge in [0.05, 0.1) is 24.9 Å². The fraction of sp³-hybridized carbons (Fsp3) is 0.350. The van der Waals surface area contributed by atoms with Crippen molar-refractivity contribution in [2.75, 3.05) is 26.3 Å². The van der Waals surface area contributed by atoms with Gasteiger partial charge < -0.3 is 4.74 Å². The summed E-state index contributed by atoms with van der Waals surface area (Å²) < 4.78 is 7.41. The van der Waals surface area contributed by atoms with Crippen LogP contribution in [0.4, 0.5) is 0 Å². The van der Waals surface area contributed by atoms with Gasteiger partial charge in [-0.15, -0.1) is 5.10 Å². The fourth-order valence-electron chi connectivity index (χ4n) is 3.70. The fourth-order valence-corrected chi connectivity index (χ4v) is 3.93. The Morgan fingerprint density at radius 1 is 1.00 bits per heavy atom. The smallest absolute Gasteiger partial charge is 0.178 e. The summed E-state index contributed by atoms with van der Waals surface area (Å²) in [5, 5.41) is 13.5. The summed E-state index contributed by atoms with van der Waals surface area (Å²) in [4.78, 5) is 2.33. The third kappa shape index (κ3) is 3.48. The third-order valence-corrected chi connectivity index (χ3v) is 5.34. The molecule has 0 aliphatic carbocycles. The van der Waals surface area contributed by atoms with Crippen molar-refractivity contribution in [1.82, 2.24) is 25.1 Å². The standard InChI is InChI=1S/C20H22ClN5O/c1-14-6-5-7-15(2)18(14)26-20(22-23-24-26)19(25-10-12-27-13-11-25)16-8-3-4-9-17(16)21/h3-9,19H,10-13H2,1-2H3/t19-/m1/s1. The molecule has 0 N–H and O–H groups in total. The highest BCUT2D eigenvalue weighted by atomic mass is 35.5. The zero-order valence-corrected chi connectivity index (χ0v) is 16.2. The highest BCUT2D eigenvalue weighted by Crippen LogP contribution is 2.34. The molecule has 1 saturated heterocycles. The minimum atomic E-state index is -0.142. The number of halogens is 1. The van der Waals surface area contributed by atoms with Gasteiger partial charge in [-0.3, -0.25) is 4.90 Å². The molecule has 0 bridgehead atoms. The number of ether oxygens (including phenoxy) is 1. The van der Waals surface area contributed by atoms with Gasteiger partial charge in [-0.1, -0.05) is 48.0 Å². The van der Waals surface area contributed by atoms with Crippen LogP contribution in [0.3, 0.4) is 0 Å². The van der Waals surface area contributed by atoms with E-state index in [-0.39, 0.29) is 6.04 Å². The first-order chi connectivity index (χ1) is 13.2. The summed E-state index contributed by atoms with van der Waals surface area (Å²) in [6.07, 6.45) is 0. The van der Waals surface area contributed by atoms with Crippen LogP contribution in [0.2, 0.25) is 5.02 Å². The Hall–Kier alpha value is -2.28. The van der Waals surface area contributed by atoms with Gasteiger partial charge in [-0.25, -0.2) is 0 Å². The van der Waals surface area contributed by atoms with Crippen LogP contribution in [0.1, 0.15) is 28.6 Å². The van der Waals surface area contributed by atoms with E-state index < -0.39 is 0 Å². The van der Waals surface area contributed by atoms with Crippen molar-refractivity contribution >= 4 is 11.6 Å². The van der Waals surface area contributed by atoms with E-state index in [0.29, 0.717) is 18.2 Å². The maximum absolute atomic E-state index is 6.58. The predicted molar refractivity (Wildman–Crippen MR) is 104 cm³/mol. The number of tetrazole rings is 1. The summed E-state index contributed by atoms with van der Waals surface area (Å²) in [5.41, 5.74) is 4.28. The van der Waals surface area contributed by atoms with Crippen LogP contribution < -0.4 is 0 Å². The Balaban J connectivity index is 1.87. The van der Waals surface area contributed by atoms with E-state index >= 15 is 0 Å². The monoisotopic (exact) mass is 383 g/mol. The van der Waals surface area contributed by atoms with Crippen molar-refractivity contribution < 1.29 is 4.74 Å². The molecule has 2 heterocycles. The van der Waals surface area contributed by atoms with Gasteiger partial charge in [0.25, 0.3) is 0 Å². The summed E-state index contributed by atoms with van der Waals surface area (Å²) in [6.45, 7) is 7.13. The van der Waals surface area contributed by atoms with E-state index in [0.717, 1.165) is 41.3 Å². The molecule has 3 aromatic rings. The van der Waals surface area contributed by atoms with Crippen LogP contribution in [0, 0.1) is 13.8 Å². The minimum absolute atomic E-state index is 0.142. The average molecular weight is 384 g/mol. The maximum Gasteiger partial charge on any atom is 0.178 e. The van der Waals surface area contributed by atoms with E-state index in [1.165, 1.54) is 0 Å². The average Bonchev–Trinajstić information content (AvgIpc) is 3.13. The molecule has 1 atom stereocenters. The number of nitrogens with zero attached hydrogens (tertiary/aromatic N) is 5. The van der Waals surface area contributed by atoms with Gasteiger partial charge in [0.1, 0.15) is 0 Å². The number of para-hydroxylation sites is 1. The minimum Gasteiger partial charge on any atom is -0.379 e. The number of hydrogen-bond acceptors (Lipinski definition) is 5. The second-order valence-electron chi connectivity index (χ2n) is 6.76. The van der Waals surface area contributed by atoms with Gasteiger partial charge in [-0.05, 0) is 47.0 Å². The lowest BCUT2D eigenvalue weighted by molar-refractivity contribution is 0.0220. The summed E-state index contributed by atoms with van der Waals surface area (Å²) >= 11 is 6.58. The zero-order chi connectivity index (χ0) is 18.8. The van der Waals surface area contributed by atoms with Crippen LogP contribution in [-0.2, 0) is 4.74 Å². The van der Waals surface area contributed by atoms with Crippen molar-refractivity contribution in [2.24, 2.45) is 0 Å². The molecule has 1 aliphatic rings. The molecule has 2 aromatic carbocycles. The number of rotatable bonds is 4. The molecule has 7 heteroatoms. The predicted octanol–water partition coefficient (Wildman–Crippen LogP) is 3.35. The van der Waals surface area contributed by atoms with Gasteiger partial charge in [0, 0.05) is 18.1 Å². The topological polar surface area (TPSA) is 56.1 Å². The SMILES string of the molecule is Cc1cccc(C)c1-n1nnnc1[C@@H](c1ccccc1Cl)N1CCOCC1. The second kappa shape index (κ2) is 7.76. The van der Waals surface area contributed by atoms with Gasteiger partial charge in [0.2, 0.25) is 0 Å². The lowest BCUT2D eigenvalue weighted by Gasteiger charge is -2.34. The molecule has 6 nitrogen and oxygen atoms in total. The number of benzene rings is 2. The Morgan fingerprint density at radius 3 is 2.41 bits per heavy atom. The Morgan fingerprint density at radius 2 is 1.70 bits per heavy atom. The summed E-state index contributed by atoms with van der Waals surface area (Å²) in [6, 6.07) is 14.0. The Labute approximate surface area is 163 Å². The quantitative estimate of drug-likeness (QED) is 0.691. The van der Waals surface area contributed by atoms with E-state index in [4.69, 9.17) is 16.3 Å². The molecule has 0 spiro atoms. The Kier molecular flexibility index (Phi) is 5.20. The molecular weight excluding hydrogens is 362 g/mol. The highest BCUT2D eigenvalue weighted by molar-refractivity contribution is 6.31.